The molecule has 0 fully saturated rings. The highest BCUT2D eigenvalue weighted by Crippen LogP contribution is 2.15. The molecule has 0 bridgehead atoms. The fraction of sp³-hybridized carbons (Fsp3) is 0.158. The van der Waals surface area contributed by atoms with Crippen LogP contribution in [-0.4, -0.2) is 24.8 Å². The number of allylic oxidation sites excluding steroid dienone is 2. The number of aryl methyl sites for hydroxylation is 1. The summed E-state index contributed by atoms with van der Waals surface area (Å²) in [6, 6.07) is 9.87. The van der Waals surface area contributed by atoms with E-state index in [9.17, 15) is 9.59 Å². The maximum Gasteiger partial charge on any atom is 0.329 e. The lowest BCUT2D eigenvalue weighted by Crippen LogP contribution is -2.29. The number of nitrogens with zero attached hydrogens (tertiary/aromatic N) is 4. The van der Waals surface area contributed by atoms with E-state index in [1.807, 2.05) is 49.4 Å². The van der Waals surface area contributed by atoms with Crippen molar-refractivity contribution in [3.05, 3.63) is 75.5 Å². The molecule has 0 aliphatic carbocycles. The summed E-state index contributed by atoms with van der Waals surface area (Å²) in [6.07, 6.45) is 5.45. The lowest BCUT2D eigenvalue weighted by atomic mass is 10.2. The van der Waals surface area contributed by atoms with Crippen molar-refractivity contribution in [1.29, 1.82) is 0 Å². The number of aromatic nitrogens is 4. The minimum atomic E-state index is -0.521. The Kier molecular flexibility index (Phi) is 5.16. The third-order valence-corrected chi connectivity index (χ3v) is 3.97. The van der Waals surface area contributed by atoms with E-state index >= 15 is 0 Å². The van der Waals surface area contributed by atoms with Gasteiger partial charge in [0.15, 0.2) is 11.2 Å². The second kappa shape index (κ2) is 7.69. The molecule has 138 valence electrons. The normalized spacial score (nSPS) is 12.0. The number of hydrazone groups is 1. The molecule has 0 radical (unpaired) electrons. The maximum absolute atomic E-state index is 12.2. The van der Waals surface area contributed by atoms with E-state index in [-0.39, 0.29) is 11.2 Å². The van der Waals surface area contributed by atoms with Gasteiger partial charge in [-0.05, 0) is 18.6 Å². The number of rotatable bonds is 6. The van der Waals surface area contributed by atoms with Gasteiger partial charge in [-0.1, -0.05) is 42.5 Å². The van der Waals surface area contributed by atoms with Crippen molar-refractivity contribution in [2.45, 2.75) is 13.5 Å². The van der Waals surface area contributed by atoms with Crippen LogP contribution in [0, 0.1) is 0 Å². The van der Waals surface area contributed by atoms with Crippen molar-refractivity contribution < 1.29 is 0 Å². The number of anilines is 1. The summed E-state index contributed by atoms with van der Waals surface area (Å²) in [4.78, 5) is 30.7. The molecule has 0 unspecified atom stereocenters. The highest BCUT2D eigenvalue weighted by atomic mass is 16.2. The summed E-state index contributed by atoms with van der Waals surface area (Å²) in [7, 11) is 1.55. The van der Waals surface area contributed by atoms with Gasteiger partial charge < -0.3 is 0 Å². The topological polar surface area (TPSA) is 97.1 Å². The number of fused-ring (bicyclic) bond motifs is 1. The summed E-state index contributed by atoms with van der Waals surface area (Å²) < 4.78 is 2.91. The van der Waals surface area contributed by atoms with Crippen molar-refractivity contribution in [3.8, 4) is 0 Å². The van der Waals surface area contributed by atoms with E-state index in [1.54, 1.807) is 17.7 Å². The Bertz CT molecular complexity index is 1150. The Hall–Kier alpha value is -3.68. The van der Waals surface area contributed by atoms with Gasteiger partial charge in [0.2, 0.25) is 5.95 Å². The van der Waals surface area contributed by atoms with Crippen molar-refractivity contribution in [1.82, 2.24) is 19.1 Å². The maximum atomic E-state index is 12.2. The van der Waals surface area contributed by atoms with Gasteiger partial charge in [0.05, 0.1) is 5.71 Å². The fourth-order valence-corrected chi connectivity index (χ4v) is 2.58. The second-order valence-electron chi connectivity index (χ2n) is 5.93. The van der Waals surface area contributed by atoms with Gasteiger partial charge in [-0.25, -0.2) is 10.2 Å². The van der Waals surface area contributed by atoms with Crippen LogP contribution >= 0.6 is 0 Å². The lowest BCUT2D eigenvalue weighted by molar-refractivity contribution is 0.819. The molecule has 0 spiro atoms. The summed E-state index contributed by atoms with van der Waals surface area (Å²) in [6.45, 7) is 5.89. The first kappa shape index (κ1) is 18.1. The van der Waals surface area contributed by atoms with Crippen molar-refractivity contribution in [2.75, 3.05) is 5.43 Å². The number of H-pyrrole nitrogens is 1. The van der Waals surface area contributed by atoms with Gasteiger partial charge in [0.1, 0.15) is 0 Å². The standard InChI is InChI=1S/C19H20N6O2/c1-4-12-25-15-16(24(3)19(27)21-17(15)26)20-18(25)23-22-13(2)10-11-14-8-6-5-7-9-14/h4-11H,1,12H2,2-3H3,(H,20,23)(H,21,26,27)/b11-10+,22-13-. The molecule has 27 heavy (non-hydrogen) atoms. The molecular weight excluding hydrogens is 344 g/mol. The van der Waals surface area contributed by atoms with Gasteiger partial charge in [0.25, 0.3) is 5.56 Å². The van der Waals surface area contributed by atoms with Gasteiger partial charge in [0, 0.05) is 13.6 Å². The van der Waals surface area contributed by atoms with E-state index in [1.165, 1.54) is 4.57 Å². The van der Waals surface area contributed by atoms with Gasteiger partial charge >= 0.3 is 5.69 Å². The lowest BCUT2D eigenvalue weighted by Gasteiger charge is -2.05. The zero-order valence-corrected chi connectivity index (χ0v) is 15.1. The van der Waals surface area contributed by atoms with Gasteiger partial charge in [-0.2, -0.15) is 10.1 Å². The molecule has 1 aromatic carbocycles. The summed E-state index contributed by atoms with van der Waals surface area (Å²) in [5.74, 6) is 0.351. The van der Waals surface area contributed by atoms with Crippen LogP contribution in [0.3, 0.4) is 0 Å². The summed E-state index contributed by atoms with van der Waals surface area (Å²) >= 11 is 0. The smallest absolute Gasteiger partial charge is 0.299 e. The van der Waals surface area contributed by atoms with E-state index in [0.29, 0.717) is 12.5 Å². The quantitative estimate of drug-likeness (QED) is 0.398. The number of aromatic amines is 1. The molecule has 8 heteroatoms. The Morgan fingerprint density at radius 1 is 1.33 bits per heavy atom. The van der Waals surface area contributed by atoms with Crippen LogP contribution < -0.4 is 16.7 Å². The number of benzene rings is 1. The first-order valence-electron chi connectivity index (χ1n) is 8.35. The average Bonchev–Trinajstić information content (AvgIpc) is 3.03. The van der Waals surface area contributed by atoms with E-state index in [4.69, 9.17) is 0 Å². The third kappa shape index (κ3) is 3.79. The van der Waals surface area contributed by atoms with Gasteiger partial charge in [-0.3, -0.25) is 18.9 Å². The first-order valence-corrected chi connectivity index (χ1v) is 8.35. The molecule has 0 atom stereocenters. The van der Waals surface area contributed by atoms with Crippen LogP contribution in [0.1, 0.15) is 12.5 Å². The van der Waals surface area contributed by atoms with Crippen LogP contribution in [0.4, 0.5) is 5.95 Å². The molecule has 0 amide bonds. The Morgan fingerprint density at radius 2 is 2.07 bits per heavy atom. The molecule has 3 rings (SSSR count). The Labute approximate surface area is 155 Å². The van der Waals surface area contributed by atoms with Crippen LogP contribution in [0.25, 0.3) is 17.2 Å². The van der Waals surface area contributed by atoms with Crippen molar-refractivity contribution in [3.63, 3.8) is 0 Å². The molecule has 0 aliphatic heterocycles. The predicted octanol–water partition coefficient (Wildman–Crippen LogP) is 2.11. The van der Waals surface area contributed by atoms with Crippen molar-refractivity contribution in [2.24, 2.45) is 12.1 Å². The van der Waals surface area contributed by atoms with Crippen LogP contribution in [0.5, 0.6) is 0 Å². The molecule has 0 aliphatic rings. The molecule has 3 aromatic rings. The minimum absolute atomic E-state index is 0.279. The van der Waals surface area contributed by atoms with E-state index in [0.717, 1.165) is 11.3 Å². The number of imidazole rings is 1. The monoisotopic (exact) mass is 364 g/mol. The molecule has 0 saturated heterocycles. The third-order valence-electron chi connectivity index (χ3n) is 3.97. The Balaban J connectivity index is 1.95. The second-order valence-corrected chi connectivity index (χ2v) is 5.93. The highest BCUT2D eigenvalue weighted by Gasteiger charge is 2.16. The number of hydrogen-bond acceptors (Lipinski definition) is 5. The van der Waals surface area contributed by atoms with Crippen LogP contribution in [0.2, 0.25) is 0 Å². The van der Waals surface area contributed by atoms with Crippen molar-refractivity contribution >= 4 is 28.9 Å². The zero-order valence-electron chi connectivity index (χ0n) is 15.1. The average molecular weight is 364 g/mol. The summed E-state index contributed by atoms with van der Waals surface area (Å²) in [5, 5.41) is 4.29. The molecule has 8 nitrogen and oxygen atoms in total. The molecule has 2 aromatic heterocycles. The molecule has 2 heterocycles. The first-order chi connectivity index (χ1) is 13.0. The van der Waals surface area contributed by atoms with E-state index in [2.05, 4.69) is 27.1 Å². The number of hydrogen-bond donors (Lipinski definition) is 2. The highest BCUT2D eigenvalue weighted by molar-refractivity contribution is 5.96. The molecule has 0 saturated carbocycles. The Morgan fingerprint density at radius 3 is 2.78 bits per heavy atom. The fourth-order valence-electron chi connectivity index (χ4n) is 2.58. The summed E-state index contributed by atoms with van der Waals surface area (Å²) in [5.41, 5.74) is 4.20. The van der Waals surface area contributed by atoms with Gasteiger partial charge in [-0.15, -0.1) is 6.58 Å². The van der Waals surface area contributed by atoms with Crippen LogP contribution in [-0.2, 0) is 13.6 Å². The minimum Gasteiger partial charge on any atom is -0.299 e. The number of nitrogens with one attached hydrogen (secondary N) is 2. The van der Waals surface area contributed by atoms with Crippen LogP contribution in [0.15, 0.2) is 63.8 Å². The predicted molar refractivity (Wildman–Crippen MR) is 108 cm³/mol. The van der Waals surface area contributed by atoms with E-state index < -0.39 is 11.2 Å². The zero-order chi connectivity index (χ0) is 19.4. The largest absolute Gasteiger partial charge is 0.329 e. The molecule has 2 N–H and O–H groups in total. The molecular formula is C19H20N6O2. The SMILES string of the molecule is C=CCn1c(N/N=C(C)\C=C\c2ccccc2)nc2c1c(=O)[nH]c(=O)n2C.